The Morgan fingerprint density at radius 1 is 0.952 bits per heavy atom. The highest BCUT2D eigenvalue weighted by Crippen LogP contribution is 2.57. The second-order valence-corrected chi connectivity index (χ2v) is 7.14. The summed E-state index contributed by atoms with van der Waals surface area (Å²) in [6.07, 6.45) is 7.90. The molecule has 1 aromatic rings. The molecular formula is C20H31N. The fourth-order valence-electron chi connectivity index (χ4n) is 4.69. The molecule has 0 aliphatic heterocycles. The monoisotopic (exact) mass is 285 g/mol. The molecule has 116 valence electrons. The van der Waals surface area contributed by atoms with Gasteiger partial charge in [0.1, 0.15) is 0 Å². The van der Waals surface area contributed by atoms with E-state index in [1.165, 1.54) is 24.8 Å². The molecule has 1 N–H and O–H groups in total. The molecular weight excluding hydrogens is 254 g/mol. The van der Waals surface area contributed by atoms with Crippen LogP contribution in [0.5, 0.6) is 0 Å². The minimum atomic E-state index is 0.577. The Hall–Kier alpha value is -0.820. The summed E-state index contributed by atoms with van der Waals surface area (Å²) < 4.78 is 0. The first kappa shape index (κ1) is 15.1. The molecule has 1 aromatic carbocycles. The summed E-state index contributed by atoms with van der Waals surface area (Å²) in [5, 5.41) is 3.69. The molecule has 0 aromatic heterocycles. The molecule has 21 heavy (non-hydrogen) atoms. The molecule has 0 saturated heterocycles. The Bertz CT molecular complexity index is 470. The number of hydrogen-bond donors (Lipinski definition) is 1. The maximum atomic E-state index is 3.69. The second-order valence-electron chi connectivity index (χ2n) is 7.14. The first-order valence-electron chi connectivity index (χ1n) is 9.03. The molecule has 0 heterocycles. The van der Waals surface area contributed by atoms with Crippen LogP contribution in [0.4, 0.5) is 0 Å². The molecule has 0 amide bonds. The zero-order valence-corrected chi connectivity index (χ0v) is 14.2. The van der Waals surface area contributed by atoms with Crippen molar-refractivity contribution in [1.29, 1.82) is 0 Å². The van der Waals surface area contributed by atoms with Gasteiger partial charge in [0, 0.05) is 6.04 Å². The van der Waals surface area contributed by atoms with Gasteiger partial charge in [-0.1, -0.05) is 32.9 Å². The quantitative estimate of drug-likeness (QED) is 0.800. The van der Waals surface area contributed by atoms with Crippen LogP contribution in [-0.2, 0) is 19.3 Å². The highest BCUT2D eigenvalue weighted by atomic mass is 14.9. The second kappa shape index (κ2) is 6.12. The fraction of sp³-hybridized carbons (Fsp3) is 0.700. The average molecular weight is 285 g/mol. The lowest BCUT2D eigenvalue weighted by atomic mass is 9.82. The number of benzene rings is 1. The van der Waals surface area contributed by atoms with E-state index in [1.54, 1.807) is 16.7 Å². The van der Waals surface area contributed by atoms with Crippen molar-refractivity contribution >= 4 is 0 Å². The van der Waals surface area contributed by atoms with Gasteiger partial charge in [-0.15, -0.1) is 0 Å². The van der Waals surface area contributed by atoms with Crippen LogP contribution in [0.2, 0.25) is 0 Å². The maximum absolute atomic E-state index is 3.69. The molecule has 3 rings (SSSR count). The molecule has 0 radical (unpaired) electrons. The first-order chi connectivity index (χ1) is 10.2. The number of nitrogens with one attached hydrogen (secondary N) is 1. The van der Waals surface area contributed by atoms with E-state index in [9.17, 15) is 0 Å². The van der Waals surface area contributed by atoms with E-state index in [1.807, 2.05) is 0 Å². The molecule has 2 saturated carbocycles. The maximum Gasteiger partial charge on any atom is 0.0351 e. The zero-order valence-electron chi connectivity index (χ0n) is 14.2. The van der Waals surface area contributed by atoms with Gasteiger partial charge in [-0.25, -0.2) is 0 Å². The number of rotatable bonds is 6. The number of fused-ring (bicyclic) bond motifs is 1. The minimum Gasteiger partial charge on any atom is -0.313 e. The van der Waals surface area contributed by atoms with E-state index in [-0.39, 0.29) is 0 Å². The van der Waals surface area contributed by atoms with Crippen LogP contribution < -0.4 is 5.32 Å². The van der Waals surface area contributed by atoms with E-state index in [0.717, 1.165) is 37.0 Å². The van der Waals surface area contributed by atoms with Crippen molar-refractivity contribution in [3.05, 3.63) is 34.4 Å². The molecule has 1 heteroatoms. The van der Waals surface area contributed by atoms with Crippen molar-refractivity contribution in [2.24, 2.45) is 17.8 Å². The number of aryl methyl sites for hydroxylation is 3. The summed E-state index contributed by atoms with van der Waals surface area (Å²) in [6.45, 7) is 6.90. The van der Waals surface area contributed by atoms with Crippen LogP contribution in [-0.4, -0.2) is 7.05 Å². The van der Waals surface area contributed by atoms with Crippen LogP contribution in [0.15, 0.2) is 12.1 Å². The largest absolute Gasteiger partial charge is 0.313 e. The van der Waals surface area contributed by atoms with E-state index in [2.05, 4.69) is 45.3 Å². The molecule has 3 atom stereocenters. The van der Waals surface area contributed by atoms with Gasteiger partial charge in [0.05, 0.1) is 0 Å². The van der Waals surface area contributed by atoms with Gasteiger partial charge in [-0.2, -0.15) is 0 Å². The molecule has 0 spiro atoms. The minimum absolute atomic E-state index is 0.577. The summed E-state index contributed by atoms with van der Waals surface area (Å²) in [5.41, 5.74) is 6.33. The van der Waals surface area contributed by atoms with Crippen LogP contribution in [0.3, 0.4) is 0 Å². The van der Waals surface area contributed by atoms with E-state index in [0.29, 0.717) is 6.04 Å². The Morgan fingerprint density at radius 3 is 1.95 bits per heavy atom. The smallest absolute Gasteiger partial charge is 0.0351 e. The topological polar surface area (TPSA) is 12.0 Å². The van der Waals surface area contributed by atoms with Crippen molar-refractivity contribution in [3.63, 3.8) is 0 Å². The lowest BCUT2D eigenvalue weighted by Crippen LogP contribution is -2.27. The first-order valence-corrected chi connectivity index (χ1v) is 9.03. The van der Waals surface area contributed by atoms with E-state index >= 15 is 0 Å². The van der Waals surface area contributed by atoms with Crippen molar-refractivity contribution < 1.29 is 0 Å². The summed E-state index contributed by atoms with van der Waals surface area (Å²) in [6, 6.07) is 5.51. The lowest BCUT2D eigenvalue weighted by Gasteiger charge is -2.29. The third kappa shape index (κ3) is 2.77. The van der Waals surface area contributed by atoms with Crippen LogP contribution in [0.25, 0.3) is 0 Å². The molecule has 0 bridgehead atoms. The molecule has 2 aliphatic rings. The lowest BCUT2D eigenvalue weighted by molar-refractivity contribution is 0.356. The third-order valence-electron chi connectivity index (χ3n) is 5.95. The van der Waals surface area contributed by atoms with Gasteiger partial charge in [0.2, 0.25) is 0 Å². The normalized spacial score (nSPS) is 28.5. The third-order valence-corrected chi connectivity index (χ3v) is 5.95. The Kier molecular flexibility index (Phi) is 4.40. The van der Waals surface area contributed by atoms with Crippen LogP contribution >= 0.6 is 0 Å². The summed E-state index contributed by atoms with van der Waals surface area (Å²) in [4.78, 5) is 0. The fourth-order valence-corrected chi connectivity index (χ4v) is 4.69. The van der Waals surface area contributed by atoms with Gasteiger partial charge in [0.15, 0.2) is 0 Å². The Labute approximate surface area is 130 Å². The SMILES string of the molecule is CCc1cc(CC)c(C(NC)C2CC3CC3C2)c(CC)c1. The predicted molar refractivity (Wildman–Crippen MR) is 90.7 cm³/mol. The van der Waals surface area contributed by atoms with Gasteiger partial charge in [-0.05, 0) is 85.6 Å². The van der Waals surface area contributed by atoms with Crippen LogP contribution in [0.1, 0.15) is 68.3 Å². The standard InChI is InChI=1S/C20H31N/c1-5-13-8-14(6-2)19(15(7-3)9-13)20(21-4)18-11-16-10-17(16)12-18/h8-9,16-18,20-21H,5-7,10-12H2,1-4H3. The van der Waals surface area contributed by atoms with Crippen molar-refractivity contribution in [3.8, 4) is 0 Å². The number of hydrogen-bond acceptors (Lipinski definition) is 1. The van der Waals surface area contributed by atoms with Gasteiger partial charge in [-0.3, -0.25) is 0 Å². The van der Waals surface area contributed by atoms with Gasteiger partial charge < -0.3 is 5.32 Å². The van der Waals surface area contributed by atoms with Crippen molar-refractivity contribution in [2.45, 2.75) is 65.3 Å². The Morgan fingerprint density at radius 2 is 1.52 bits per heavy atom. The molecule has 1 nitrogen and oxygen atoms in total. The Balaban J connectivity index is 1.97. The summed E-state index contributed by atoms with van der Waals surface area (Å²) in [7, 11) is 2.17. The van der Waals surface area contributed by atoms with Gasteiger partial charge in [0.25, 0.3) is 0 Å². The highest BCUT2D eigenvalue weighted by Gasteiger charge is 2.48. The zero-order chi connectivity index (χ0) is 15.0. The van der Waals surface area contributed by atoms with Crippen LogP contribution in [0, 0.1) is 17.8 Å². The van der Waals surface area contributed by atoms with Crippen molar-refractivity contribution in [2.75, 3.05) is 7.05 Å². The molecule has 2 aliphatic carbocycles. The summed E-state index contributed by atoms with van der Waals surface area (Å²) >= 11 is 0. The van der Waals surface area contributed by atoms with E-state index in [4.69, 9.17) is 0 Å². The predicted octanol–water partition coefficient (Wildman–Crippen LogP) is 4.68. The summed E-state index contributed by atoms with van der Waals surface area (Å²) in [5.74, 6) is 2.99. The van der Waals surface area contributed by atoms with Crippen molar-refractivity contribution in [1.82, 2.24) is 5.32 Å². The average Bonchev–Trinajstić information content (AvgIpc) is 3.14. The molecule has 2 fully saturated rings. The highest BCUT2D eigenvalue weighted by molar-refractivity contribution is 5.42. The van der Waals surface area contributed by atoms with E-state index < -0.39 is 0 Å². The molecule has 3 unspecified atom stereocenters. The van der Waals surface area contributed by atoms with Gasteiger partial charge >= 0.3 is 0 Å².